The highest BCUT2D eigenvalue weighted by molar-refractivity contribution is 5.63. The molecule has 0 N–H and O–H groups in total. The van der Waals surface area contributed by atoms with E-state index in [1.165, 1.54) is 55.2 Å². The second-order valence-electron chi connectivity index (χ2n) is 6.22. The van der Waals surface area contributed by atoms with Crippen LogP contribution in [0.3, 0.4) is 0 Å². The Labute approximate surface area is 130 Å². The van der Waals surface area contributed by atoms with Gasteiger partial charge in [-0.2, -0.15) is 0 Å². The van der Waals surface area contributed by atoms with Gasteiger partial charge in [0.05, 0.1) is 0 Å². The molecule has 0 amide bonds. The van der Waals surface area contributed by atoms with Crippen molar-refractivity contribution in [1.82, 2.24) is 0 Å². The minimum Gasteiger partial charge on any atom is -0.0654 e. The van der Waals surface area contributed by atoms with Crippen LogP contribution in [0.1, 0.15) is 51.5 Å². The Bertz CT molecular complexity index is 495. The second kappa shape index (κ2) is 8.67. The smallest absolute Gasteiger partial charge is 0.0184 e. The van der Waals surface area contributed by atoms with Crippen molar-refractivity contribution in [2.45, 2.75) is 52.4 Å². The van der Waals surface area contributed by atoms with E-state index in [2.05, 4.69) is 68.4 Å². The first-order valence-corrected chi connectivity index (χ1v) is 8.44. The van der Waals surface area contributed by atoms with Crippen LogP contribution in [0, 0.1) is 5.92 Å². The summed E-state index contributed by atoms with van der Waals surface area (Å²) < 4.78 is 0. The first kappa shape index (κ1) is 15.8. The lowest BCUT2D eigenvalue weighted by molar-refractivity contribution is 0.487. The van der Waals surface area contributed by atoms with Crippen LogP contribution in [0.4, 0.5) is 0 Å². The molecule has 0 aromatic heterocycles. The molecule has 112 valence electrons. The first-order valence-electron chi connectivity index (χ1n) is 8.44. The Kier molecular flexibility index (Phi) is 6.53. The Morgan fingerprint density at radius 2 is 1.43 bits per heavy atom. The Balaban J connectivity index is 1.85. The van der Waals surface area contributed by atoms with Crippen LogP contribution < -0.4 is 0 Å². The molecule has 2 aromatic carbocycles. The topological polar surface area (TPSA) is 0 Å². The van der Waals surface area contributed by atoms with Crippen LogP contribution in [-0.2, 0) is 6.42 Å². The monoisotopic (exact) mass is 280 g/mol. The quantitative estimate of drug-likeness (QED) is 0.484. The molecular weight excluding hydrogens is 252 g/mol. The van der Waals surface area contributed by atoms with Crippen LogP contribution in [0.15, 0.2) is 54.6 Å². The predicted octanol–water partition coefficient (Wildman–Crippen LogP) is 6.50. The van der Waals surface area contributed by atoms with Gasteiger partial charge in [0.25, 0.3) is 0 Å². The third-order valence-electron chi connectivity index (χ3n) is 4.20. The van der Waals surface area contributed by atoms with E-state index in [1.807, 2.05) is 0 Å². The number of benzene rings is 2. The summed E-state index contributed by atoms with van der Waals surface area (Å²) in [7, 11) is 0. The van der Waals surface area contributed by atoms with Crippen molar-refractivity contribution < 1.29 is 0 Å². The van der Waals surface area contributed by atoms with E-state index in [9.17, 15) is 0 Å². The highest BCUT2D eigenvalue weighted by atomic mass is 14.1. The zero-order valence-corrected chi connectivity index (χ0v) is 13.5. The van der Waals surface area contributed by atoms with Crippen LogP contribution >= 0.6 is 0 Å². The fraction of sp³-hybridized carbons (Fsp3) is 0.429. The molecule has 0 radical (unpaired) electrons. The van der Waals surface area contributed by atoms with Crippen molar-refractivity contribution in [1.29, 1.82) is 0 Å². The summed E-state index contributed by atoms with van der Waals surface area (Å²) in [5.74, 6) is 0.796. The highest BCUT2D eigenvalue weighted by Crippen LogP contribution is 2.21. The fourth-order valence-corrected chi connectivity index (χ4v) is 2.89. The molecule has 1 unspecified atom stereocenters. The van der Waals surface area contributed by atoms with E-state index < -0.39 is 0 Å². The second-order valence-corrected chi connectivity index (χ2v) is 6.22. The minimum atomic E-state index is 0.796. The summed E-state index contributed by atoms with van der Waals surface area (Å²) in [6.07, 6.45) is 8.07. The molecule has 0 aliphatic heterocycles. The van der Waals surface area contributed by atoms with Crippen LogP contribution in [0.2, 0.25) is 0 Å². The van der Waals surface area contributed by atoms with Crippen LogP contribution in [0.25, 0.3) is 11.1 Å². The standard InChI is InChI=1S/C21H28/c1-3-4-5-7-10-18(2)17-19-13-15-21(16-14-19)20-11-8-6-9-12-20/h6,8-9,11-16,18H,3-5,7,10,17H2,1-2H3. The third kappa shape index (κ3) is 5.38. The van der Waals surface area contributed by atoms with Gasteiger partial charge in [-0.3, -0.25) is 0 Å². The third-order valence-corrected chi connectivity index (χ3v) is 4.20. The van der Waals surface area contributed by atoms with Gasteiger partial charge in [0.15, 0.2) is 0 Å². The Morgan fingerprint density at radius 1 is 0.762 bits per heavy atom. The summed E-state index contributed by atoms with van der Waals surface area (Å²) in [4.78, 5) is 0. The van der Waals surface area contributed by atoms with Crippen molar-refractivity contribution in [3.05, 3.63) is 60.2 Å². The molecule has 21 heavy (non-hydrogen) atoms. The SMILES string of the molecule is CCCCCCC(C)Cc1ccc(-c2ccccc2)cc1. The number of unbranched alkanes of at least 4 members (excludes halogenated alkanes) is 3. The van der Waals surface area contributed by atoms with Gasteiger partial charge in [0.2, 0.25) is 0 Å². The maximum absolute atomic E-state index is 2.39. The van der Waals surface area contributed by atoms with Gasteiger partial charge in [-0.05, 0) is 29.0 Å². The molecule has 2 aromatic rings. The maximum atomic E-state index is 2.39. The molecule has 2 rings (SSSR count). The van der Waals surface area contributed by atoms with Gasteiger partial charge in [-0.15, -0.1) is 0 Å². The molecule has 0 heterocycles. The number of rotatable bonds is 8. The molecule has 0 spiro atoms. The molecule has 1 atom stereocenters. The van der Waals surface area contributed by atoms with Gasteiger partial charge < -0.3 is 0 Å². The van der Waals surface area contributed by atoms with Gasteiger partial charge >= 0.3 is 0 Å². The Hall–Kier alpha value is -1.56. The van der Waals surface area contributed by atoms with E-state index in [0.29, 0.717) is 0 Å². The average molecular weight is 280 g/mol. The minimum absolute atomic E-state index is 0.796. The molecule has 0 aliphatic rings. The summed E-state index contributed by atoms with van der Waals surface area (Å²) in [5.41, 5.74) is 4.09. The van der Waals surface area contributed by atoms with Crippen molar-refractivity contribution >= 4 is 0 Å². The first-order chi connectivity index (χ1) is 10.3. The normalized spacial score (nSPS) is 12.3. The molecule has 0 saturated heterocycles. The van der Waals surface area contributed by atoms with E-state index in [4.69, 9.17) is 0 Å². The number of hydrogen-bond donors (Lipinski definition) is 0. The largest absolute Gasteiger partial charge is 0.0654 e. The van der Waals surface area contributed by atoms with Crippen LogP contribution in [-0.4, -0.2) is 0 Å². The van der Waals surface area contributed by atoms with Gasteiger partial charge in [-0.1, -0.05) is 101 Å². The maximum Gasteiger partial charge on any atom is -0.0184 e. The summed E-state index contributed by atoms with van der Waals surface area (Å²) in [5, 5.41) is 0. The lowest BCUT2D eigenvalue weighted by atomic mass is 9.94. The van der Waals surface area contributed by atoms with Gasteiger partial charge in [0.1, 0.15) is 0 Å². The molecule has 0 bridgehead atoms. The zero-order valence-electron chi connectivity index (χ0n) is 13.5. The van der Waals surface area contributed by atoms with Crippen molar-refractivity contribution in [2.75, 3.05) is 0 Å². The lowest BCUT2D eigenvalue weighted by Gasteiger charge is -2.12. The molecular formula is C21H28. The van der Waals surface area contributed by atoms with E-state index in [1.54, 1.807) is 0 Å². The van der Waals surface area contributed by atoms with E-state index in [-0.39, 0.29) is 0 Å². The van der Waals surface area contributed by atoms with E-state index >= 15 is 0 Å². The van der Waals surface area contributed by atoms with Gasteiger partial charge in [0, 0.05) is 0 Å². The average Bonchev–Trinajstić information content (AvgIpc) is 2.53. The van der Waals surface area contributed by atoms with Crippen molar-refractivity contribution in [3.8, 4) is 11.1 Å². The number of hydrogen-bond acceptors (Lipinski definition) is 0. The summed E-state index contributed by atoms with van der Waals surface area (Å²) in [6.45, 7) is 4.66. The van der Waals surface area contributed by atoms with Crippen LogP contribution in [0.5, 0.6) is 0 Å². The molecule has 0 heteroatoms. The van der Waals surface area contributed by atoms with E-state index in [0.717, 1.165) is 5.92 Å². The molecule has 0 saturated carbocycles. The predicted molar refractivity (Wildman–Crippen MR) is 93.5 cm³/mol. The molecule has 0 fully saturated rings. The van der Waals surface area contributed by atoms with Crippen molar-refractivity contribution in [2.24, 2.45) is 5.92 Å². The van der Waals surface area contributed by atoms with Crippen molar-refractivity contribution in [3.63, 3.8) is 0 Å². The highest BCUT2D eigenvalue weighted by Gasteiger charge is 2.04. The zero-order chi connectivity index (χ0) is 14.9. The molecule has 0 nitrogen and oxygen atoms in total. The van der Waals surface area contributed by atoms with Gasteiger partial charge in [-0.25, -0.2) is 0 Å². The lowest BCUT2D eigenvalue weighted by Crippen LogP contribution is -1.99. The summed E-state index contributed by atoms with van der Waals surface area (Å²) in [6, 6.07) is 19.7. The molecule has 0 aliphatic carbocycles. The summed E-state index contributed by atoms with van der Waals surface area (Å²) >= 11 is 0. The fourth-order valence-electron chi connectivity index (χ4n) is 2.89. The Morgan fingerprint density at radius 3 is 2.10 bits per heavy atom.